The van der Waals surface area contributed by atoms with Gasteiger partial charge in [0, 0.05) is 35.9 Å². The smallest absolute Gasteiger partial charge is 0.261 e. The maximum absolute atomic E-state index is 14.7. The van der Waals surface area contributed by atoms with E-state index in [1.807, 2.05) is 0 Å². The van der Waals surface area contributed by atoms with E-state index in [1.54, 1.807) is 19.1 Å². The minimum atomic E-state index is -1.15. The lowest BCUT2D eigenvalue weighted by Gasteiger charge is -2.13. The van der Waals surface area contributed by atoms with Gasteiger partial charge in [0.15, 0.2) is 5.76 Å². The summed E-state index contributed by atoms with van der Waals surface area (Å²) in [6.45, 7) is 1.74. The molecule has 0 fully saturated rings. The highest BCUT2D eigenvalue weighted by molar-refractivity contribution is 6.13. The van der Waals surface area contributed by atoms with Gasteiger partial charge in [-0.25, -0.2) is 8.78 Å². The molecule has 1 aromatic heterocycles. The standard InChI is InChI=1S/C21H19F2N5O2/c1-10-3-6-17(30-10)20(26)12-7-11(4-5-15(12)25)28-21(29)18-14(22)8-16(27-2)13(9-24)19(18)23/h3-9,24,26-27H,25H2,1-2H3,(H,28,29). The molecule has 3 rings (SSSR count). The highest BCUT2D eigenvalue weighted by Crippen LogP contribution is 2.26. The third-order valence-electron chi connectivity index (χ3n) is 4.46. The number of hydrogen-bond donors (Lipinski definition) is 5. The number of halogens is 2. The van der Waals surface area contributed by atoms with Crippen LogP contribution in [0, 0.1) is 29.4 Å². The number of nitrogens with two attached hydrogens (primary N) is 1. The van der Waals surface area contributed by atoms with Crippen molar-refractivity contribution in [2.75, 3.05) is 23.4 Å². The summed E-state index contributed by atoms with van der Waals surface area (Å²) in [6, 6.07) is 8.61. The topological polar surface area (TPSA) is 128 Å². The first-order valence-electron chi connectivity index (χ1n) is 8.83. The van der Waals surface area contributed by atoms with Crippen molar-refractivity contribution in [3.05, 3.63) is 76.2 Å². The first-order valence-corrected chi connectivity index (χ1v) is 8.83. The molecule has 1 amide bonds. The molecule has 0 unspecified atom stereocenters. The predicted molar refractivity (Wildman–Crippen MR) is 112 cm³/mol. The van der Waals surface area contributed by atoms with E-state index in [9.17, 15) is 13.6 Å². The van der Waals surface area contributed by atoms with E-state index in [0.717, 1.165) is 6.07 Å². The van der Waals surface area contributed by atoms with Gasteiger partial charge in [-0.1, -0.05) is 0 Å². The molecule has 0 aliphatic rings. The molecule has 0 aliphatic carbocycles. The van der Waals surface area contributed by atoms with Crippen LogP contribution < -0.4 is 16.4 Å². The maximum Gasteiger partial charge on any atom is 0.261 e. The van der Waals surface area contributed by atoms with E-state index in [0.29, 0.717) is 12.0 Å². The SMILES string of the molecule is CNc1cc(F)c(C(=O)Nc2ccc(N)c(C(=N)c3ccc(C)o3)c2)c(F)c1C=N. The third kappa shape index (κ3) is 3.77. The van der Waals surface area contributed by atoms with Crippen molar-refractivity contribution in [2.24, 2.45) is 0 Å². The molecule has 154 valence electrons. The number of nitrogen functional groups attached to an aromatic ring is 1. The monoisotopic (exact) mass is 411 g/mol. The summed E-state index contributed by atoms with van der Waals surface area (Å²) >= 11 is 0. The molecule has 0 spiro atoms. The zero-order valence-electron chi connectivity index (χ0n) is 16.2. The fraction of sp³-hybridized carbons (Fsp3) is 0.0952. The third-order valence-corrected chi connectivity index (χ3v) is 4.46. The van der Waals surface area contributed by atoms with Gasteiger partial charge in [-0.3, -0.25) is 10.2 Å². The zero-order chi connectivity index (χ0) is 22.0. The lowest BCUT2D eigenvalue weighted by atomic mass is 10.0. The molecule has 0 saturated heterocycles. The molecule has 6 N–H and O–H groups in total. The van der Waals surface area contributed by atoms with Crippen LogP contribution in [0.15, 0.2) is 40.8 Å². The number of nitrogens with one attached hydrogen (secondary N) is 4. The molecule has 7 nitrogen and oxygen atoms in total. The predicted octanol–water partition coefficient (Wildman–Crippen LogP) is 4.16. The molecule has 0 saturated carbocycles. The Kier molecular flexibility index (Phi) is 5.63. The molecule has 30 heavy (non-hydrogen) atoms. The van der Waals surface area contributed by atoms with Gasteiger partial charge in [-0.2, -0.15) is 0 Å². The van der Waals surface area contributed by atoms with E-state index in [2.05, 4.69) is 10.6 Å². The Labute approximate surface area is 170 Å². The normalized spacial score (nSPS) is 10.5. The number of benzene rings is 2. The van der Waals surface area contributed by atoms with E-state index in [4.69, 9.17) is 21.0 Å². The number of aryl methyl sites for hydroxylation is 1. The molecule has 9 heteroatoms. The van der Waals surface area contributed by atoms with Crippen LogP contribution >= 0.6 is 0 Å². The molecule has 0 radical (unpaired) electrons. The molecule has 0 atom stereocenters. The Morgan fingerprint density at radius 2 is 1.93 bits per heavy atom. The summed E-state index contributed by atoms with van der Waals surface area (Å²) in [6.07, 6.45) is 0.700. The van der Waals surface area contributed by atoms with E-state index >= 15 is 0 Å². The number of hydrogen-bond acceptors (Lipinski definition) is 6. The van der Waals surface area contributed by atoms with Crippen LogP contribution in [-0.4, -0.2) is 24.9 Å². The summed E-state index contributed by atoms with van der Waals surface area (Å²) in [4.78, 5) is 12.6. The Hall–Kier alpha value is -4.01. The summed E-state index contributed by atoms with van der Waals surface area (Å²) in [7, 11) is 1.45. The van der Waals surface area contributed by atoms with Gasteiger partial charge in [0.2, 0.25) is 0 Å². The van der Waals surface area contributed by atoms with Gasteiger partial charge in [0.25, 0.3) is 5.91 Å². The number of amides is 1. The lowest BCUT2D eigenvalue weighted by molar-refractivity contribution is 0.101. The van der Waals surface area contributed by atoms with Crippen LogP contribution in [0.3, 0.4) is 0 Å². The van der Waals surface area contributed by atoms with E-state index in [-0.39, 0.29) is 39.7 Å². The van der Waals surface area contributed by atoms with Crippen LogP contribution in [0.4, 0.5) is 25.8 Å². The second kappa shape index (κ2) is 8.16. The summed E-state index contributed by atoms with van der Waals surface area (Å²) < 4.78 is 34.5. The maximum atomic E-state index is 14.7. The quantitative estimate of drug-likeness (QED) is 0.308. The Balaban J connectivity index is 1.95. The molecular formula is C21H19F2N5O2. The Morgan fingerprint density at radius 3 is 2.53 bits per heavy atom. The number of anilines is 3. The summed E-state index contributed by atoms with van der Waals surface area (Å²) in [5, 5.41) is 20.6. The minimum absolute atomic E-state index is 0.00137. The zero-order valence-corrected chi connectivity index (χ0v) is 16.2. The van der Waals surface area contributed by atoms with Gasteiger partial charge in [-0.05, 0) is 43.3 Å². The second-order valence-corrected chi connectivity index (χ2v) is 6.44. The lowest BCUT2D eigenvalue weighted by Crippen LogP contribution is -2.18. The van der Waals surface area contributed by atoms with Crippen LogP contribution in [-0.2, 0) is 0 Å². The fourth-order valence-corrected chi connectivity index (χ4v) is 2.94. The van der Waals surface area contributed by atoms with Gasteiger partial charge < -0.3 is 26.2 Å². The number of carbonyl (C=O) groups excluding carboxylic acids is 1. The average Bonchev–Trinajstić information content (AvgIpc) is 3.14. The van der Waals surface area contributed by atoms with Crippen LogP contribution in [0.2, 0.25) is 0 Å². The number of rotatable bonds is 6. The van der Waals surface area contributed by atoms with Gasteiger partial charge in [0.05, 0.1) is 5.56 Å². The minimum Gasteiger partial charge on any atom is -0.460 e. The number of furan rings is 1. The largest absolute Gasteiger partial charge is 0.460 e. The van der Waals surface area contributed by atoms with E-state index < -0.39 is 23.1 Å². The molecule has 2 aromatic carbocycles. The Bertz CT molecular complexity index is 1170. The summed E-state index contributed by atoms with van der Waals surface area (Å²) in [5.74, 6) is -2.35. The van der Waals surface area contributed by atoms with E-state index in [1.165, 1.54) is 25.2 Å². The highest BCUT2D eigenvalue weighted by Gasteiger charge is 2.23. The van der Waals surface area contributed by atoms with Gasteiger partial charge >= 0.3 is 0 Å². The molecular weight excluding hydrogens is 392 g/mol. The summed E-state index contributed by atoms with van der Waals surface area (Å²) in [5.41, 5.74) is 5.68. The van der Waals surface area contributed by atoms with Crippen molar-refractivity contribution >= 4 is 34.9 Å². The molecule has 3 aromatic rings. The number of carbonyl (C=O) groups is 1. The van der Waals surface area contributed by atoms with Crippen molar-refractivity contribution in [2.45, 2.75) is 6.92 Å². The van der Waals surface area contributed by atoms with Crippen molar-refractivity contribution in [3.8, 4) is 0 Å². The second-order valence-electron chi connectivity index (χ2n) is 6.44. The first-order chi connectivity index (χ1) is 14.3. The van der Waals surface area contributed by atoms with Crippen LogP contribution in [0.1, 0.15) is 33.0 Å². The fourth-order valence-electron chi connectivity index (χ4n) is 2.94. The molecule has 0 bridgehead atoms. The molecule has 0 aliphatic heterocycles. The highest BCUT2D eigenvalue weighted by atomic mass is 19.1. The van der Waals surface area contributed by atoms with Crippen LogP contribution in [0.25, 0.3) is 0 Å². The van der Waals surface area contributed by atoms with Crippen LogP contribution in [0.5, 0.6) is 0 Å². The van der Waals surface area contributed by atoms with Crippen molar-refractivity contribution in [1.29, 1.82) is 10.8 Å². The van der Waals surface area contributed by atoms with Gasteiger partial charge in [-0.15, -0.1) is 0 Å². The molecule has 1 heterocycles. The van der Waals surface area contributed by atoms with Crippen molar-refractivity contribution in [3.63, 3.8) is 0 Å². The first kappa shape index (κ1) is 20.7. The Morgan fingerprint density at radius 1 is 1.20 bits per heavy atom. The van der Waals surface area contributed by atoms with Gasteiger partial charge in [0.1, 0.15) is 28.7 Å². The van der Waals surface area contributed by atoms with Crippen molar-refractivity contribution < 1.29 is 18.0 Å². The van der Waals surface area contributed by atoms with Crippen molar-refractivity contribution in [1.82, 2.24) is 0 Å². The average molecular weight is 411 g/mol.